The minimum absolute atomic E-state index is 0. The quantitative estimate of drug-likeness (QED) is 0.146. The Bertz CT molecular complexity index is 2470. The summed E-state index contributed by atoms with van der Waals surface area (Å²) in [7, 11) is 0. The number of benzene rings is 4. The number of phenols is 2. The van der Waals surface area contributed by atoms with E-state index in [0.717, 1.165) is 32.8 Å². The maximum atomic E-state index is 10.3. The Labute approximate surface area is 255 Å². The summed E-state index contributed by atoms with van der Waals surface area (Å²) in [5.41, 5.74) is 5.27. The van der Waals surface area contributed by atoms with Crippen LogP contribution in [0.4, 0.5) is 0 Å². The van der Waals surface area contributed by atoms with Gasteiger partial charge in [-0.25, -0.2) is 29.9 Å². The molecule has 4 N–H and O–H groups in total. The summed E-state index contributed by atoms with van der Waals surface area (Å²) in [6, 6.07) is 25.8. The van der Waals surface area contributed by atoms with E-state index in [1.54, 1.807) is 36.4 Å². The Hall–Kier alpha value is -5.54. The first-order valence-electron chi connectivity index (χ1n) is 13.3. The van der Waals surface area contributed by atoms with E-state index in [-0.39, 0.29) is 31.0 Å². The average Bonchev–Trinajstić information content (AvgIpc) is 3.72. The average molecular weight is 612 g/mol. The molecule has 4 aromatic carbocycles. The zero-order valence-corrected chi connectivity index (χ0v) is 25.3. The second-order valence-electron chi connectivity index (χ2n) is 10.2. The summed E-state index contributed by atoms with van der Waals surface area (Å²) in [5, 5.41) is 23.9. The van der Waals surface area contributed by atoms with E-state index in [0.29, 0.717) is 56.8 Å². The molecule has 9 rings (SSSR count). The van der Waals surface area contributed by atoms with Crippen LogP contribution in [0.1, 0.15) is 0 Å². The largest absolute Gasteiger partial charge is 2.00 e. The number of hydrogen-bond donors (Lipinski definition) is 4. The van der Waals surface area contributed by atoms with Crippen molar-refractivity contribution in [1.29, 1.82) is 0 Å². The number of fused-ring (bicyclic) bond motifs is 20. The summed E-state index contributed by atoms with van der Waals surface area (Å²) in [6.07, 6.45) is 0. The van der Waals surface area contributed by atoms with Gasteiger partial charge in [-0.15, -0.1) is 0 Å². The maximum Gasteiger partial charge on any atom is 2.00 e. The molecule has 3 aromatic heterocycles. The van der Waals surface area contributed by atoms with E-state index >= 15 is 0 Å². The monoisotopic (exact) mass is 610 g/mol. The molecule has 0 saturated carbocycles. The number of aromatic hydroxyl groups is 2. The maximum absolute atomic E-state index is 10.3. The molecule has 0 spiro atoms. The van der Waals surface area contributed by atoms with Gasteiger partial charge in [-0.05, 0) is 36.4 Å². The van der Waals surface area contributed by atoms with Crippen LogP contribution in [0.15, 0.2) is 84.9 Å². The molecule has 0 aliphatic carbocycles. The molecule has 0 saturated heterocycles. The molecule has 0 fully saturated rings. The van der Waals surface area contributed by atoms with Crippen molar-refractivity contribution in [3.63, 3.8) is 0 Å². The summed E-state index contributed by atoms with van der Waals surface area (Å²) >= 11 is 0. The van der Waals surface area contributed by atoms with E-state index in [2.05, 4.69) is 9.97 Å². The smallest absolute Gasteiger partial charge is 0.508 e. The molecule has 0 amide bonds. The van der Waals surface area contributed by atoms with Crippen LogP contribution in [0.3, 0.4) is 0 Å². The molecule has 0 atom stereocenters. The Morgan fingerprint density at radius 1 is 0.395 bits per heavy atom. The first-order chi connectivity index (χ1) is 20.6. The number of phenolic OH excluding ortho intramolecular Hbond substituents is 2. The van der Waals surface area contributed by atoms with Gasteiger partial charge < -0.3 is 20.2 Å². The van der Waals surface area contributed by atoms with Gasteiger partial charge in [0.15, 0.2) is 23.3 Å². The predicted octanol–water partition coefficient (Wildman–Crippen LogP) is 6.28. The molecule has 43 heavy (non-hydrogen) atoms. The third-order valence-corrected chi connectivity index (χ3v) is 7.61. The Kier molecular flexibility index (Phi) is 5.41. The Balaban J connectivity index is 0.00000278. The zero-order chi connectivity index (χ0) is 27.9. The van der Waals surface area contributed by atoms with Crippen molar-refractivity contribution in [2.45, 2.75) is 0 Å². The predicted molar refractivity (Wildman–Crippen MR) is 159 cm³/mol. The molecule has 7 aromatic rings. The Morgan fingerprint density at radius 2 is 0.814 bits per heavy atom. The fourth-order valence-corrected chi connectivity index (χ4v) is 5.67. The summed E-state index contributed by atoms with van der Waals surface area (Å²) in [6.45, 7) is 0. The van der Waals surface area contributed by atoms with Crippen LogP contribution in [0.25, 0.3) is 89.7 Å². The molecule has 10 nitrogen and oxygen atoms in total. The first kappa shape index (κ1) is 25.2. The molecule has 198 valence electrons. The summed E-state index contributed by atoms with van der Waals surface area (Å²) in [5.74, 6) is 2.04. The molecule has 5 heterocycles. The van der Waals surface area contributed by atoms with Gasteiger partial charge in [0.05, 0.1) is 0 Å². The minimum Gasteiger partial charge on any atom is -0.508 e. The first-order valence-corrected chi connectivity index (χ1v) is 13.3. The van der Waals surface area contributed by atoms with E-state index in [4.69, 9.17) is 29.9 Å². The van der Waals surface area contributed by atoms with Crippen LogP contribution in [-0.4, -0.2) is 50.1 Å². The molecule has 11 heteroatoms. The number of rotatable bonds is 0. The SMILES string of the molecule is Oc1ccc2c(c1)-c1nc-2nc2[nH]c(nc3nc(nc4[nH]c(n1)c1ccc(O)cc41)-c1ccccc1-3)c1ccccc21.[Zn+2]. The number of hydrogen-bond acceptors (Lipinski definition) is 8. The van der Waals surface area contributed by atoms with E-state index in [9.17, 15) is 10.2 Å². The number of nitrogens with one attached hydrogen (secondary N) is 2. The number of aromatic amines is 2. The molecule has 2 aliphatic rings. The normalized spacial score (nSPS) is 11.7. The zero-order valence-electron chi connectivity index (χ0n) is 22.4. The summed E-state index contributed by atoms with van der Waals surface area (Å²) in [4.78, 5) is 36.1. The van der Waals surface area contributed by atoms with Gasteiger partial charge in [-0.1, -0.05) is 48.5 Å². The molecule has 2 aliphatic heterocycles. The van der Waals surface area contributed by atoms with Gasteiger partial charge in [-0.3, -0.25) is 0 Å². The van der Waals surface area contributed by atoms with Crippen molar-refractivity contribution < 1.29 is 29.7 Å². The second kappa shape index (κ2) is 9.24. The van der Waals surface area contributed by atoms with Crippen LogP contribution in [0.5, 0.6) is 11.5 Å². The van der Waals surface area contributed by atoms with Gasteiger partial charge in [-0.2, -0.15) is 0 Å². The molecule has 8 bridgehead atoms. The number of H-pyrrole nitrogens is 2. The molecular formula is C32H18N8O2Zn+2. The van der Waals surface area contributed by atoms with E-state index < -0.39 is 0 Å². The van der Waals surface area contributed by atoms with Crippen molar-refractivity contribution in [3.05, 3.63) is 84.9 Å². The van der Waals surface area contributed by atoms with Gasteiger partial charge in [0, 0.05) is 43.8 Å². The summed E-state index contributed by atoms with van der Waals surface area (Å²) < 4.78 is 0. The molecule has 0 radical (unpaired) electrons. The minimum atomic E-state index is 0. The van der Waals surface area contributed by atoms with Crippen molar-refractivity contribution in [2.24, 2.45) is 0 Å². The van der Waals surface area contributed by atoms with Crippen molar-refractivity contribution in [2.75, 3.05) is 0 Å². The van der Waals surface area contributed by atoms with Crippen LogP contribution in [0, 0.1) is 0 Å². The fraction of sp³-hybridized carbons (Fsp3) is 0. The third kappa shape index (κ3) is 3.82. The van der Waals surface area contributed by atoms with Crippen LogP contribution >= 0.6 is 0 Å². The van der Waals surface area contributed by atoms with Crippen molar-refractivity contribution in [1.82, 2.24) is 39.9 Å². The van der Waals surface area contributed by atoms with Gasteiger partial charge in [0.1, 0.15) is 34.1 Å². The van der Waals surface area contributed by atoms with Gasteiger partial charge in [0.25, 0.3) is 0 Å². The third-order valence-electron chi connectivity index (χ3n) is 7.61. The van der Waals surface area contributed by atoms with Gasteiger partial charge in [0.2, 0.25) is 0 Å². The number of nitrogens with zero attached hydrogens (tertiary/aromatic N) is 6. The van der Waals surface area contributed by atoms with Crippen molar-refractivity contribution >= 4 is 44.1 Å². The van der Waals surface area contributed by atoms with Crippen LogP contribution < -0.4 is 0 Å². The number of aromatic nitrogens is 8. The topological polar surface area (TPSA) is 149 Å². The molecular weight excluding hydrogens is 594 g/mol. The Morgan fingerprint density at radius 3 is 1.40 bits per heavy atom. The van der Waals surface area contributed by atoms with Crippen molar-refractivity contribution in [3.8, 4) is 57.1 Å². The molecule has 0 unspecified atom stereocenters. The standard InChI is InChI=1S/C32H18N8O2.Zn/c41-15-9-11-21-23(13-15)32-38-29(21)36-27-18-6-2-1-5-17(18)25(34-27)33-26-19-7-3-4-8-20(19)28(35-26)37-31-24-14-16(42)10-12-22(24)30(39-31)40-32;/h1-14,41-42H,(H2,33,34,35,36,37,38,39,40);/q;+2. The van der Waals surface area contributed by atoms with Crippen LogP contribution in [-0.2, 0) is 19.5 Å². The second-order valence-corrected chi connectivity index (χ2v) is 10.2. The van der Waals surface area contributed by atoms with Gasteiger partial charge >= 0.3 is 19.5 Å². The van der Waals surface area contributed by atoms with E-state index in [1.807, 2.05) is 48.5 Å². The van der Waals surface area contributed by atoms with Crippen LogP contribution in [0.2, 0.25) is 0 Å². The fourth-order valence-electron chi connectivity index (χ4n) is 5.67. The van der Waals surface area contributed by atoms with E-state index in [1.165, 1.54) is 0 Å².